The van der Waals surface area contributed by atoms with Gasteiger partial charge >= 0.3 is 0 Å². The smallest absolute Gasteiger partial charge is 0.0897 e. The highest BCUT2D eigenvalue weighted by Gasteiger charge is 2.47. The molecule has 6 N–H and O–H groups in total. The fourth-order valence-electron chi connectivity index (χ4n) is 2.30. The van der Waals surface area contributed by atoms with Gasteiger partial charge in [-0.2, -0.15) is 0 Å². The molecule has 6 nitrogen and oxygen atoms in total. The Hall–Kier alpha value is -0.240. The molecule has 6 heteroatoms. The molecule has 0 saturated heterocycles. The Morgan fingerprint density at radius 3 is 0.933 bits per heavy atom. The van der Waals surface area contributed by atoms with Gasteiger partial charge in [0.25, 0.3) is 0 Å². The second kappa shape index (κ2) is 5.20. The molecule has 1 aliphatic carbocycles. The first-order chi connectivity index (χ1) is 7.08. The van der Waals surface area contributed by atoms with Crippen molar-refractivity contribution in [3.05, 3.63) is 0 Å². The lowest BCUT2D eigenvalue weighted by atomic mass is 9.80. The monoisotopic (exact) mass is 219 g/mol. The van der Waals surface area contributed by atoms with Gasteiger partial charge in [0.15, 0.2) is 0 Å². The van der Waals surface area contributed by atoms with Gasteiger partial charge in [-0.15, -0.1) is 0 Å². The molecule has 0 unspecified atom stereocenters. The molecule has 0 aromatic carbocycles. The molecule has 1 aliphatic rings. The van der Waals surface area contributed by atoms with E-state index in [9.17, 15) is 15.3 Å². The van der Waals surface area contributed by atoms with Gasteiger partial charge in [-0.25, -0.2) is 0 Å². The minimum atomic E-state index is -0.824. The van der Waals surface area contributed by atoms with Gasteiger partial charge < -0.3 is 31.3 Å². The van der Waals surface area contributed by atoms with E-state index in [1.807, 2.05) is 0 Å². The zero-order valence-electron chi connectivity index (χ0n) is 9.31. The number of likely N-dealkylation sites (N-methyl/N-ethyl adjacent to an activating group) is 3. The standard InChI is InChI=1S/C9H21N3O3/c1-10-4-7(13)5(11-2)9(15)6(12-3)8(4)14/h4-15H,1-3H3. The van der Waals surface area contributed by atoms with Crippen LogP contribution < -0.4 is 16.0 Å². The molecule has 90 valence electrons. The Morgan fingerprint density at radius 1 is 0.600 bits per heavy atom. The van der Waals surface area contributed by atoms with Crippen LogP contribution in [0.3, 0.4) is 0 Å². The molecule has 0 spiro atoms. The quantitative estimate of drug-likeness (QED) is 0.300. The van der Waals surface area contributed by atoms with E-state index < -0.39 is 36.4 Å². The van der Waals surface area contributed by atoms with Crippen LogP contribution in [0.4, 0.5) is 0 Å². The van der Waals surface area contributed by atoms with E-state index in [-0.39, 0.29) is 0 Å². The van der Waals surface area contributed by atoms with Crippen LogP contribution in [0, 0.1) is 0 Å². The second-order valence-electron chi connectivity index (χ2n) is 3.92. The topological polar surface area (TPSA) is 96.8 Å². The van der Waals surface area contributed by atoms with Crippen molar-refractivity contribution in [1.82, 2.24) is 16.0 Å². The summed E-state index contributed by atoms with van der Waals surface area (Å²) < 4.78 is 0. The van der Waals surface area contributed by atoms with E-state index >= 15 is 0 Å². The molecule has 15 heavy (non-hydrogen) atoms. The number of rotatable bonds is 3. The molecule has 0 amide bonds. The predicted molar refractivity (Wildman–Crippen MR) is 56.6 cm³/mol. The minimum Gasteiger partial charge on any atom is -0.390 e. The van der Waals surface area contributed by atoms with Crippen LogP contribution in [0.1, 0.15) is 0 Å². The maximum Gasteiger partial charge on any atom is 0.0897 e. The summed E-state index contributed by atoms with van der Waals surface area (Å²) in [6.07, 6.45) is -2.47. The van der Waals surface area contributed by atoms with Gasteiger partial charge in [-0.1, -0.05) is 0 Å². The fourth-order valence-corrected chi connectivity index (χ4v) is 2.30. The highest BCUT2D eigenvalue weighted by Crippen LogP contribution is 2.20. The van der Waals surface area contributed by atoms with E-state index in [0.29, 0.717) is 0 Å². The Morgan fingerprint density at radius 2 is 0.800 bits per heavy atom. The largest absolute Gasteiger partial charge is 0.390 e. The minimum absolute atomic E-state index is 0.455. The Kier molecular flexibility index (Phi) is 4.45. The summed E-state index contributed by atoms with van der Waals surface area (Å²) in [6, 6.07) is -1.37. The fraction of sp³-hybridized carbons (Fsp3) is 1.00. The third-order valence-electron chi connectivity index (χ3n) is 3.21. The third-order valence-corrected chi connectivity index (χ3v) is 3.21. The lowest BCUT2D eigenvalue weighted by Gasteiger charge is -2.45. The van der Waals surface area contributed by atoms with E-state index in [4.69, 9.17) is 0 Å². The molecular weight excluding hydrogens is 198 g/mol. The van der Waals surface area contributed by atoms with Crippen molar-refractivity contribution in [1.29, 1.82) is 0 Å². The van der Waals surface area contributed by atoms with Crippen LogP contribution in [0.15, 0.2) is 0 Å². The van der Waals surface area contributed by atoms with Crippen LogP contribution in [-0.2, 0) is 0 Å². The Labute approximate surface area is 89.7 Å². The second-order valence-corrected chi connectivity index (χ2v) is 3.92. The molecule has 1 saturated carbocycles. The zero-order valence-corrected chi connectivity index (χ0v) is 9.31. The van der Waals surface area contributed by atoms with Crippen LogP contribution in [0.5, 0.6) is 0 Å². The average molecular weight is 219 g/mol. The van der Waals surface area contributed by atoms with E-state index in [0.717, 1.165) is 0 Å². The van der Waals surface area contributed by atoms with E-state index in [1.54, 1.807) is 21.1 Å². The van der Waals surface area contributed by atoms with Crippen molar-refractivity contribution in [2.75, 3.05) is 21.1 Å². The van der Waals surface area contributed by atoms with Crippen molar-refractivity contribution < 1.29 is 15.3 Å². The maximum absolute atomic E-state index is 9.91. The van der Waals surface area contributed by atoms with Gasteiger partial charge in [0.2, 0.25) is 0 Å². The van der Waals surface area contributed by atoms with Crippen LogP contribution in [-0.4, -0.2) is 72.9 Å². The lowest BCUT2D eigenvalue weighted by molar-refractivity contribution is -0.0930. The van der Waals surface area contributed by atoms with Gasteiger partial charge in [0.05, 0.1) is 36.4 Å². The molecule has 0 atom stereocenters. The number of aliphatic hydroxyl groups excluding tert-OH is 3. The molecule has 0 aliphatic heterocycles. The molecule has 0 bridgehead atoms. The lowest BCUT2D eigenvalue weighted by Crippen LogP contribution is -2.72. The summed E-state index contributed by atoms with van der Waals surface area (Å²) in [4.78, 5) is 0. The summed E-state index contributed by atoms with van der Waals surface area (Å²) in [6.45, 7) is 0. The highest BCUT2D eigenvalue weighted by atomic mass is 16.3. The van der Waals surface area contributed by atoms with Crippen LogP contribution >= 0.6 is 0 Å². The summed E-state index contributed by atoms with van der Waals surface area (Å²) in [7, 11) is 5.02. The first-order valence-electron chi connectivity index (χ1n) is 5.14. The summed E-state index contributed by atoms with van der Waals surface area (Å²) >= 11 is 0. The third kappa shape index (κ3) is 2.15. The van der Waals surface area contributed by atoms with Crippen molar-refractivity contribution in [2.24, 2.45) is 0 Å². The average Bonchev–Trinajstić information content (AvgIpc) is 2.19. The summed E-state index contributed by atoms with van der Waals surface area (Å²) in [5.74, 6) is 0. The number of hydrogen-bond acceptors (Lipinski definition) is 6. The first-order valence-corrected chi connectivity index (χ1v) is 5.14. The zero-order chi connectivity index (χ0) is 11.6. The van der Waals surface area contributed by atoms with Crippen molar-refractivity contribution in [3.63, 3.8) is 0 Å². The summed E-state index contributed by atoms with van der Waals surface area (Å²) in [5, 5.41) is 38.3. The first kappa shape index (κ1) is 12.8. The Balaban J connectivity index is 2.87. The molecule has 0 radical (unpaired) electrons. The number of aliphatic hydroxyl groups is 3. The van der Waals surface area contributed by atoms with E-state index in [1.165, 1.54) is 0 Å². The van der Waals surface area contributed by atoms with Gasteiger partial charge in [-0.05, 0) is 21.1 Å². The molecule has 0 heterocycles. The number of nitrogens with one attached hydrogen (secondary N) is 3. The van der Waals surface area contributed by atoms with E-state index in [2.05, 4.69) is 16.0 Å². The van der Waals surface area contributed by atoms with Crippen molar-refractivity contribution >= 4 is 0 Å². The summed E-state index contributed by atoms with van der Waals surface area (Å²) in [5.41, 5.74) is 0. The van der Waals surface area contributed by atoms with Crippen molar-refractivity contribution in [3.8, 4) is 0 Å². The van der Waals surface area contributed by atoms with Crippen molar-refractivity contribution in [2.45, 2.75) is 36.4 Å². The number of hydrogen-bond donors (Lipinski definition) is 6. The van der Waals surface area contributed by atoms with Crippen LogP contribution in [0.2, 0.25) is 0 Å². The molecular formula is C9H21N3O3. The predicted octanol–water partition coefficient (Wildman–Crippen LogP) is -3.15. The molecule has 1 rings (SSSR count). The maximum atomic E-state index is 9.91. The van der Waals surface area contributed by atoms with Gasteiger partial charge in [0, 0.05) is 0 Å². The van der Waals surface area contributed by atoms with Crippen LogP contribution in [0.25, 0.3) is 0 Å². The SMILES string of the molecule is CNC1C(O)C(NC)C(O)C(NC)C1O. The normalized spacial score (nSPS) is 46.8. The van der Waals surface area contributed by atoms with Gasteiger partial charge in [-0.3, -0.25) is 0 Å². The molecule has 0 aromatic heterocycles. The molecule has 0 aromatic rings. The molecule has 1 fully saturated rings. The van der Waals surface area contributed by atoms with Gasteiger partial charge in [0.1, 0.15) is 0 Å². The highest BCUT2D eigenvalue weighted by molar-refractivity contribution is 5.06. The Bertz CT molecular complexity index is 160.